The summed E-state index contributed by atoms with van der Waals surface area (Å²) in [5.74, 6) is 0. The molecule has 2 rings (SSSR count). The monoisotopic (exact) mass is 298 g/mol. The molecule has 0 saturated carbocycles. The number of benzene rings is 1. The molecule has 1 aromatic rings. The smallest absolute Gasteiger partial charge is 0.0593 e. The van der Waals surface area contributed by atoms with E-state index < -0.39 is 0 Å². The standard InChI is InChI=1S/C13H19BrN2O/c14-12-4-1-3-11(9-12)13(10-15)16-5-2-7-17-8-6-16/h1,3-4,9,13H,2,5-8,10,15H2. The maximum atomic E-state index is 5.94. The average Bonchev–Trinajstić information content (AvgIpc) is 2.59. The van der Waals surface area contributed by atoms with Gasteiger partial charge in [-0.3, -0.25) is 4.90 Å². The van der Waals surface area contributed by atoms with Crippen LogP contribution < -0.4 is 5.73 Å². The molecule has 0 amide bonds. The zero-order valence-corrected chi connectivity index (χ0v) is 11.5. The number of hydrogen-bond donors (Lipinski definition) is 1. The second kappa shape index (κ2) is 6.50. The van der Waals surface area contributed by atoms with Gasteiger partial charge in [-0.25, -0.2) is 0 Å². The average molecular weight is 299 g/mol. The van der Waals surface area contributed by atoms with Crippen molar-refractivity contribution < 1.29 is 4.74 Å². The van der Waals surface area contributed by atoms with Gasteiger partial charge in [-0.15, -0.1) is 0 Å². The van der Waals surface area contributed by atoms with E-state index in [1.807, 2.05) is 6.07 Å². The third-order valence-electron chi connectivity index (χ3n) is 3.15. The van der Waals surface area contributed by atoms with Crippen molar-refractivity contribution in [1.29, 1.82) is 0 Å². The summed E-state index contributed by atoms with van der Waals surface area (Å²) in [6, 6.07) is 8.71. The maximum absolute atomic E-state index is 5.94. The second-order valence-corrected chi connectivity index (χ2v) is 5.22. The third kappa shape index (κ3) is 3.52. The van der Waals surface area contributed by atoms with Crippen LogP contribution >= 0.6 is 15.9 Å². The number of ether oxygens (including phenoxy) is 1. The molecular weight excluding hydrogens is 280 g/mol. The van der Waals surface area contributed by atoms with Crippen LogP contribution in [0.2, 0.25) is 0 Å². The molecular formula is C13H19BrN2O. The van der Waals surface area contributed by atoms with Crippen molar-refractivity contribution in [2.45, 2.75) is 12.5 Å². The van der Waals surface area contributed by atoms with Crippen LogP contribution in [0, 0.1) is 0 Å². The van der Waals surface area contributed by atoms with Crippen LogP contribution in [0.3, 0.4) is 0 Å². The highest BCUT2D eigenvalue weighted by Crippen LogP contribution is 2.23. The van der Waals surface area contributed by atoms with Crippen LogP contribution in [0.15, 0.2) is 28.7 Å². The van der Waals surface area contributed by atoms with Crippen molar-refractivity contribution in [3.8, 4) is 0 Å². The topological polar surface area (TPSA) is 38.5 Å². The Balaban J connectivity index is 2.14. The van der Waals surface area contributed by atoms with Crippen molar-refractivity contribution in [2.75, 3.05) is 32.8 Å². The van der Waals surface area contributed by atoms with Crippen LogP contribution in [0.1, 0.15) is 18.0 Å². The molecule has 0 spiro atoms. The highest BCUT2D eigenvalue weighted by molar-refractivity contribution is 9.10. The van der Waals surface area contributed by atoms with Crippen molar-refractivity contribution >= 4 is 15.9 Å². The van der Waals surface area contributed by atoms with E-state index in [1.54, 1.807) is 0 Å². The highest BCUT2D eigenvalue weighted by atomic mass is 79.9. The van der Waals surface area contributed by atoms with Gasteiger partial charge in [0.2, 0.25) is 0 Å². The Morgan fingerprint density at radius 2 is 2.24 bits per heavy atom. The molecule has 0 aromatic heterocycles. The number of halogens is 1. The molecule has 4 heteroatoms. The van der Waals surface area contributed by atoms with Gasteiger partial charge in [-0.2, -0.15) is 0 Å². The molecule has 1 aliphatic heterocycles. The minimum absolute atomic E-state index is 0.300. The van der Waals surface area contributed by atoms with Gasteiger partial charge >= 0.3 is 0 Å². The second-order valence-electron chi connectivity index (χ2n) is 4.31. The lowest BCUT2D eigenvalue weighted by atomic mass is 10.1. The third-order valence-corrected chi connectivity index (χ3v) is 3.65. The summed E-state index contributed by atoms with van der Waals surface area (Å²) in [6.45, 7) is 4.36. The van der Waals surface area contributed by atoms with Crippen molar-refractivity contribution in [3.63, 3.8) is 0 Å². The van der Waals surface area contributed by atoms with Gasteiger partial charge in [-0.05, 0) is 24.1 Å². The zero-order chi connectivity index (χ0) is 12.1. The van der Waals surface area contributed by atoms with E-state index >= 15 is 0 Å². The molecule has 1 aromatic carbocycles. The molecule has 1 heterocycles. The Hall–Kier alpha value is -0.420. The van der Waals surface area contributed by atoms with Crippen LogP contribution in [-0.4, -0.2) is 37.7 Å². The van der Waals surface area contributed by atoms with Crippen LogP contribution in [0.25, 0.3) is 0 Å². The van der Waals surface area contributed by atoms with E-state index in [1.165, 1.54) is 5.56 Å². The lowest BCUT2D eigenvalue weighted by Crippen LogP contribution is -2.35. The first-order chi connectivity index (χ1) is 8.31. The van der Waals surface area contributed by atoms with Gasteiger partial charge < -0.3 is 10.5 Å². The van der Waals surface area contributed by atoms with Gasteiger partial charge in [0.25, 0.3) is 0 Å². The molecule has 1 atom stereocenters. The van der Waals surface area contributed by atoms with Gasteiger partial charge in [0.05, 0.1) is 6.61 Å². The number of rotatable bonds is 3. The molecule has 2 N–H and O–H groups in total. The van der Waals surface area contributed by atoms with Gasteiger partial charge in [0.1, 0.15) is 0 Å². The molecule has 17 heavy (non-hydrogen) atoms. The summed E-state index contributed by atoms with van der Waals surface area (Å²) in [6.07, 6.45) is 1.09. The first kappa shape index (κ1) is 13.0. The van der Waals surface area contributed by atoms with Gasteiger partial charge in [0.15, 0.2) is 0 Å². The Kier molecular flexibility index (Phi) is 4.98. The minimum atomic E-state index is 0.300. The fourth-order valence-electron chi connectivity index (χ4n) is 2.29. The molecule has 0 bridgehead atoms. The molecule has 3 nitrogen and oxygen atoms in total. The SMILES string of the molecule is NCC(c1cccc(Br)c1)N1CCCOCC1. The Bertz CT molecular complexity index is 351. The molecule has 94 valence electrons. The van der Waals surface area contributed by atoms with Crippen molar-refractivity contribution in [2.24, 2.45) is 5.73 Å². The number of hydrogen-bond acceptors (Lipinski definition) is 3. The fourth-order valence-corrected chi connectivity index (χ4v) is 2.70. The van der Waals surface area contributed by atoms with Crippen LogP contribution in [-0.2, 0) is 4.74 Å². The predicted octanol–water partition coefficient (Wildman–Crippen LogP) is 2.17. The molecule has 1 fully saturated rings. The summed E-state index contributed by atoms with van der Waals surface area (Å²) in [7, 11) is 0. The molecule has 0 radical (unpaired) electrons. The van der Waals surface area contributed by atoms with E-state index in [4.69, 9.17) is 10.5 Å². The Morgan fingerprint density at radius 3 is 3.00 bits per heavy atom. The highest BCUT2D eigenvalue weighted by Gasteiger charge is 2.20. The lowest BCUT2D eigenvalue weighted by Gasteiger charge is -2.29. The van der Waals surface area contributed by atoms with E-state index in [0.717, 1.165) is 37.2 Å². The fraction of sp³-hybridized carbons (Fsp3) is 0.538. The summed E-state index contributed by atoms with van der Waals surface area (Å²) in [4.78, 5) is 2.43. The Labute approximate surface area is 111 Å². The van der Waals surface area contributed by atoms with Crippen molar-refractivity contribution in [3.05, 3.63) is 34.3 Å². The summed E-state index contributed by atoms with van der Waals surface area (Å²) in [5.41, 5.74) is 7.22. The molecule has 0 aliphatic carbocycles. The number of nitrogens with two attached hydrogens (primary N) is 1. The van der Waals surface area contributed by atoms with E-state index in [9.17, 15) is 0 Å². The van der Waals surface area contributed by atoms with E-state index in [2.05, 4.69) is 39.0 Å². The van der Waals surface area contributed by atoms with Crippen molar-refractivity contribution in [1.82, 2.24) is 4.90 Å². The maximum Gasteiger partial charge on any atom is 0.0593 e. The van der Waals surface area contributed by atoms with Gasteiger partial charge in [0, 0.05) is 36.8 Å². The first-order valence-corrected chi connectivity index (χ1v) is 6.88. The first-order valence-electron chi connectivity index (χ1n) is 6.08. The van der Waals surface area contributed by atoms with E-state index in [0.29, 0.717) is 12.6 Å². The summed E-state index contributed by atoms with van der Waals surface area (Å²) >= 11 is 3.52. The Morgan fingerprint density at radius 1 is 1.35 bits per heavy atom. The molecule has 1 saturated heterocycles. The summed E-state index contributed by atoms with van der Waals surface area (Å²) in [5, 5.41) is 0. The predicted molar refractivity (Wildman–Crippen MR) is 72.9 cm³/mol. The van der Waals surface area contributed by atoms with Gasteiger partial charge in [-0.1, -0.05) is 28.1 Å². The zero-order valence-electron chi connectivity index (χ0n) is 9.94. The number of nitrogens with zero attached hydrogens (tertiary/aromatic N) is 1. The lowest BCUT2D eigenvalue weighted by molar-refractivity contribution is 0.132. The quantitative estimate of drug-likeness (QED) is 0.929. The largest absolute Gasteiger partial charge is 0.380 e. The normalized spacial score (nSPS) is 19.9. The van der Waals surface area contributed by atoms with Crippen LogP contribution in [0.4, 0.5) is 0 Å². The van der Waals surface area contributed by atoms with Crippen LogP contribution in [0.5, 0.6) is 0 Å². The minimum Gasteiger partial charge on any atom is -0.380 e. The molecule has 1 unspecified atom stereocenters. The summed E-state index contributed by atoms with van der Waals surface area (Å²) < 4.78 is 6.60. The molecule has 1 aliphatic rings. The van der Waals surface area contributed by atoms with E-state index in [-0.39, 0.29) is 0 Å².